The van der Waals surface area contributed by atoms with Gasteiger partial charge in [-0.2, -0.15) is 0 Å². The Kier molecular flexibility index (Phi) is 9.20. The van der Waals surface area contributed by atoms with Gasteiger partial charge in [0, 0.05) is 16.7 Å². The van der Waals surface area contributed by atoms with Crippen molar-refractivity contribution in [3.63, 3.8) is 0 Å². The molecule has 1 heterocycles. The number of rotatable bonds is 7. The van der Waals surface area contributed by atoms with Gasteiger partial charge in [0.05, 0.1) is 11.4 Å². The summed E-state index contributed by atoms with van der Waals surface area (Å²) >= 11 is 0. The minimum atomic E-state index is 0.704. The van der Waals surface area contributed by atoms with Gasteiger partial charge < -0.3 is 0 Å². The number of fused-ring (bicyclic) bond motifs is 5. The van der Waals surface area contributed by atoms with Crippen LogP contribution in [0.25, 0.3) is 122 Å². The van der Waals surface area contributed by atoms with Crippen LogP contribution in [-0.4, -0.2) is 9.97 Å². The highest BCUT2D eigenvalue weighted by molar-refractivity contribution is 6.20. The van der Waals surface area contributed by atoms with Crippen LogP contribution < -0.4 is 0 Å². The zero-order valence-corrected chi connectivity index (χ0v) is 35.0. The van der Waals surface area contributed by atoms with Crippen molar-refractivity contribution in [2.24, 2.45) is 0 Å². The number of aromatic nitrogens is 2. The molecule has 0 aliphatic rings. The lowest BCUT2D eigenvalue weighted by Crippen LogP contribution is -1.96. The van der Waals surface area contributed by atoms with Crippen molar-refractivity contribution < 1.29 is 0 Å². The smallest absolute Gasteiger partial charge is 0.160 e. The maximum Gasteiger partial charge on any atom is 0.160 e. The Labute approximate surface area is 372 Å². The summed E-state index contributed by atoms with van der Waals surface area (Å²) in [5.41, 5.74) is 14.4. The molecule has 0 saturated carbocycles. The van der Waals surface area contributed by atoms with Gasteiger partial charge >= 0.3 is 0 Å². The molecule has 0 bridgehead atoms. The molecular formula is C62H40N2. The zero-order valence-electron chi connectivity index (χ0n) is 35.0. The Hall–Kier alpha value is -8.46. The van der Waals surface area contributed by atoms with Gasteiger partial charge in [0.1, 0.15) is 0 Å². The summed E-state index contributed by atoms with van der Waals surface area (Å²) in [5, 5.41) is 10.1. The average Bonchev–Trinajstić information content (AvgIpc) is 3.38. The fourth-order valence-corrected chi connectivity index (χ4v) is 9.43. The molecule has 11 aromatic carbocycles. The van der Waals surface area contributed by atoms with Crippen molar-refractivity contribution in [3.05, 3.63) is 243 Å². The first-order valence-corrected chi connectivity index (χ1v) is 21.9. The summed E-state index contributed by atoms with van der Waals surface area (Å²) in [6.07, 6.45) is 0. The van der Waals surface area contributed by atoms with E-state index < -0.39 is 0 Å². The van der Waals surface area contributed by atoms with Gasteiger partial charge in [0.25, 0.3) is 0 Å². The van der Waals surface area contributed by atoms with Crippen molar-refractivity contribution in [2.45, 2.75) is 0 Å². The molecule has 0 N–H and O–H groups in total. The van der Waals surface area contributed by atoms with E-state index in [2.05, 4.69) is 224 Å². The van der Waals surface area contributed by atoms with Crippen LogP contribution in [0, 0.1) is 0 Å². The lowest BCUT2D eigenvalue weighted by Gasteiger charge is -2.14. The molecule has 12 rings (SSSR count). The highest BCUT2D eigenvalue weighted by Crippen LogP contribution is 2.40. The van der Waals surface area contributed by atoms with Crippen LogP contribution in [0.15, 0.2) is 243 Å². The molecule has 2 nitrogen and oxygen atoms in total. The average molecular weight is 813 g/mol. The quantitative estimate of drug-likeness (QED) is 0.118. The van der Waals surface area contributed by atoms with Crippen molar-refractivity contribution in [1.82, 2.24) is 9.97 Å². The molecule has 0 unspecified atom stereocenters. The summed E-state index contributed by atoms with van der Waals surface area (Å²) in [6, 6.07) is 87.2. The molecule has 0 aliphatic heterocycles. The second-order valence-electron chi connectivity index (χ2n) is 16.5. The number of hydrogen-bond donors (Lipinski definition) is 0. The van der Waals surface area contributed by atoms with Crippen LogP contribution in [0.1, 0.15) is 0 Å². The molecule has 64 heavy (non-hydrogen) atoms. The third-order valence-electron chi connectivity index (χ3n) is 12.7. The SMILES string of the molecule is c1ccc(-c2nc(-c3ccc(-c4ccc(-c5ccc(-c6c7ccccc7cc7c6ccc6ccccc67)cc5)cc4)cc3)cc(-c3cccc(-c4cccc5ccccc45)c3)n2)cc1. The Bertz CT molecular complexity index is 3680. The molecule has 0 amide bonds. The van der Waals surface area contributed by atoms with Gasteiger partial charge in [-0.25, -0.2) is 9.97 Å². The first-order chi connectivity index (χ1) is 31.7. The lowest BCUT2D eigenvalue weighted by molar-refractivity contribution is 1.18. The molecule has 0 fully saturated rings. The first kappa shape index (κ1) is 37.3. The van der Waals surface area contributed by atoms with Crippen LogP contribution in [0.3, 0.4) is 0 Å². The van der Waals surface area contributed by atoms with Crippen LogP contribution in [0.4, 0.5) is 0 Å². The van der Waals surface area contributed by atoms with Gasteiger partial charge in [-0.1, -0.05) is 224 Å². The van der Waals surface area contributed by atoms with E-state index in [-0.39, 0.29) is 0 Å². The maximum absolute atomic E-state index is 5.14. The summed E-state index contributed by atoms with van der Waals surface area (Å²) < 4.78 is 0. The van der Waals surface area contributed by atoms with E-state index in [1.807, 2.05) is 18.2 Å². The van der Waals surface area contributed by atoms with Gasteiger partial charge in [0.2, 0.25) is 0 Å². The van der Waals surface area contributed by atoms with E-state index in [1.165, 1.54) is 76.5 Å². The Morgan fingerprint density at radius 2 is 0.703 bits per heavy atom. The Morgan fingerprint density at radius 1 is 0.219 bits per heavy atom. The first-order valence-electron chi connectivity index (χ1n) is 21.9. The van der Waals surface area contributed by atoms with Gasteiger partial charge in [-0.15, -0.1) is 0 Å². The number of benzene rings is 11. The summed E-state index contributed by atoms with van der Waals surface area (Å²) in [6.45, 7) is 0. The van der Waals surface area contributed by atoms with Crippen molar-refractivity contribution in [2.75, 3.05) is 0 Å². The van der Waals surface area contributed by atoms with Gasteiger partial charge in [-0.05, 0) is 106 Å². The molecule has 12 aromatic rings. The number of hydrogen-bond acceptors (Lipinski definition) is 2. The van der Waals surface area contributed by atoms with Gasteiger partial charge in [-0.3, -0.25) is 0 Å². The highest BCUT2D eigenvalue weighted by atomic mass is 14.9. The summed E-state index contributed by atoms with van der Waals surface area (Å²) in [7, 11) is 0. The largest absolute Gasteiger partial charge is 0.228 e. The molecule has 2 heteroatoms. The van der Waals surface area contributed by atoms with E-state index in [1.54, 1.807) is 0 Å². The molecule has 0 aliphatic carbocycles. The van der Waals surface area contributed by atoms with Crippen molar-refractivity contribution in [3.8, 4) is 78.4 Å². The Balaban J connectivity index is 0.843. The third-order valence-corrected chi connectivity index (χ3v) is 12.7. The third kappa shape index (κ3) is 6.79. The maximum atomic E-state index is 5.14. The van der Waals surface area contributed by atoms with E-state index in [9.17, 15) is 0 Å². The van der Waals surface area contributed by atoms with Gasteiger partial charge in [0.15, 0.2) is 5.82 Å². The molecular weight excluding hydrogens is 773 g/mol. The predicted molar refractivity (Wildman–Crippen MR) is 270 cm³/mol. The molecule has 0 atom stereocenters. The van der Waals surface area contributed by atoms with E-state index in [0.29, 0.717) is 5.82 Å². The van der Waals surface area contributed by atoms with Crippen LogP contribution in [0.5, 0.6) is 0 Å². The van der Waals surface area contributed by atoms with E-state index in [4.69, 9.17) is 9.97 Å². The monoisotopic (exact) mass is 812 g/mol. The predicted octanol–water partition coefficient (Wildman–Crippen LogP) is 16.8. The second kappa shape index (κ2) is 15.8. The highest BCUT2D eigenvalue weighted by Gasteiger charge is 2.15. The van der Waals surface area contributed by atoms with Crippen molar-refractivity contribution >= 4 is 43.1 Å². The normalized spacial score (nSPS) is 11.4. The topological polar surface area (TPSA) is 25.8 Å². The standard InChI is InChI=1S/C62H40N2/c1-2-14-49(15-3-1)62-63-59(40-60(64-62)52-19-10-18-50(38-52)55-23-11-17-45-12-4-7-20-53(45)55)47-32-28-43(29-33-47)41-24-26-42(27-25-41)44-30-34-48(35-31-44)61-56-22-9-6-16-51(56)39-58-54-21-8-5-13-46(54)36-37-57(58)61/h1-40H. The van der Waals surface area contributed by atoms with Crippen LogP contribution in [0.2, 0.25) is 0 Å². The minimum Gasteiger partial charge on any atom is -0.228 e. The molecule has 0 saturated heterocycles. The summed E-state index contributed by atoms with van der Waals surface area (Å²) in [5.74, 6) is 0.704. The fraction of sp³-hybridized carbons (Fsp3) is 0. The molecule has 1 aromatic heterocycles. The summed E-state index contributed by atoms with van der Waals surface area (Å²) in [4.78, 5) is 10.3. The Morgan fingerprint density at radius 3 is 1.39 bits per heavy atom. The van der Waals surface area contributed by atoms with E-state index >= 15 is 0 Å². The van der Waals surface area contributed by atoms with E-state index in [0.717, 1.165) is 39.2 Å². The van der Waals surface area contributed by atoms with Crippen molar-refractivity contribution in [1.29, 1.82) is 0 Å². The fourth-order valence-electron chi connectivity index (χ4n) is 9.43. The molecule has 298 valence electrons. The minimum absolute atomic E-state index is 0.704. The number of nitrogens with zero attached hydrogens (tertiary/aromatic N) is 2. The van der Waals surface area contributed by atoms with Crippen LogP contribution >= 0.6 is 0 Å². The second-order valence-corrected chi connectivity index (χ2v) is 16.5. The zero-order chi connectivity index (χ0) is 42.4. The molecule has 0 radical (unpaired) electrons. The molecule has 0 spiro atoms. The lowest BCUT2D eigenvalue weighted by atomic mass is 9.89. The van der Waals surface area contributed by atoms with Crippen LogP contribution in [-0.2, 0) is 0 Å².